The van der Waals surface area contributed by atoms with E-state index in [9.17, 15) is 14.7 Å². The first kappa shape index (κ1) is 35.0. The molecule has 14 heteroatoms. The minimum absolute atomic E-state index is 0.0422. The van der Waals surface area contributed by atoms with Gasteiger partial charge in [0.25, 0.3) is 0 Å². The molecule has 0 saturated heterocycles. The average molecular weight is 666 g/mol. The van der Waals surface area contributed by atoms with Crippen LogP contribution in [0.2, 0.25) is 0 Å². The number of aromatic carboxylic acids is 2. The van der Waals surface area contributed by atoms with Crippen molar-refractivity contribution in [2.45, 2.75) is 64.2 Å². The molecule has 13 nitrogen and oxygen atoms in total. The van der Waals surface area contributed by atoms with E-state index in [-0.39, 0.29) is 28.7 Å². The van der Waals surface area contributed by atoms with Crippen LogP contribution >= 0.6 is 0 Å². The number of rotatable bonds is 10. The first-order valence-electron chi connectivity index (χ1n) is 16.1. The number of nitrogens with two attached hydrogens (primary N) is 1. The Morgan fingerprint density at radius 3 is 2.18 bits per heavy atom. The number of nitrogens with one attached hydrogen (secondary N) is 2. The minimum Gasteiger partial charge on any atom is -0.478 e. The summed E-state index contributed by atoms with van der Waals surface area (Å²) in [6.07, 6.45) is 5.85. The summed E-state index contributed by atoms with van der Waals surface area (Å²) in [5.41, 5.74) is 11.0. The van der Waals surface area contributed by atoms with Gasteiger partial charge in [0.15, 0.2) is 17.0 Å². The number of carboxylic acid groups (broad SMARTS) is 2. The lowest BCUT2D eigenvalue weighted by atomic mass is 9.80. The topological polar surface area (TPSA) is 209 Å². The van der Waals surface area contributed by atoms with Crippen LogP contribution in [-0.4, -0.2) is 70.9 Å². The van der Waals surface area contributed by atoms with Crippen LogP contribution in [0.4, 0.5) is 11.8 Å². The zero-order valence-electron chi connectivity index (χ0n) is 27.3. The average Bonchev–Trinajstić information content (AvgIpc) is 3.53. The van der Waals surface area contributed by atoms with E-state index < -0.39 is 19.1 Å². The second-order valence-corrected chi connectivity index (χ2v) is 12.3. The smallest absolute Gasteiger partial charge is 0.478 e. The number of hydrogen-bond donors (Lipinski definition) is 7. The van der Waals surface area contributed by atoms with Gasteiger partial charge in [-0.25, -0.2) is 14.6 Å². The molecule has 6 rings (SSSR count). The molecule has 0 unspecified atom stereocenters. The van der Waals surface area contributed by atoms with Crippen LogP contribution in [-0.2, 0) is 6.54 Å². The molecule has 0 radical (unpaired) electrons. The Hall–Kier alpha value is -5.31. The lowest BCUT2D eigenvalue weighted by molar-refractivity contribution is 0.0686. The van der Waals surface area contributed by atoms with Crippen molar-refractivity contribution in [2.75, 3.05) is 10.6 Å². The standard InChI is InChI=1S/C28H33N7O2.C7H7BO4/c1-17(2)35-16-31-24-25(33-28(34-26(24)35)32-23-12-10-22(29)11-13-23)30-15-18-6-8-19(9-7-18)20-4-3-5-21(14-20)27(36)37;9-7(10)5-2-1-3-6(4-5)8(11)12/h3-9,14,16-17,22-23H,10-13,15,29H2,1-2H3,(H,36,37)(H2,30,32,33,34);1-4,11-12H,(H,9,10). The molecule has 254 valence electrons. The van der Waals surface area contributed by atoms with Crippen molar-refractivity contribution in [3.05, 3.63) is 95.8 Å². The third-order valence-electron chi connectivity index (χ3n) is 8.37. The molecule has 1 saturated carbocycles. The third kappa shape index (κ3) is 8.99. The molecule has 5 aromatic rings. The predicted molar refractivity (Wildman–Crippen MR) is 189 cm³/mol. The summed E-state index contributed by atoms with van der Waals surface area (Å²) < 4.78 is 2.06. The SMILES string of the molecule is CC(C)n1cnc2c(NCc3ccc(-c4cccc(C(=O)O)c4)cc3)nc(NC3CCC(N)CC3)nc21.O=C(O)c1cccc(B(O)O)c1. The van der Waals surface area contributed by atoms with E-state index in [0.29, 0.717) is 24.4 Å². The summed E-state index contributed by atoms with van der Waals surface area (Å²) in [5.74, 6) is -0.721. The molecule has 2 aromatic heterocycles. The molecule has 0 atom stereocenters. The number of fused-ring (bicyclic) bond motifs is 1. The quantitative estimate of drug-likeness (QED) is 0.105. The first-order valence-corrected chi connectivity index (χ1v) is 16.1. The Bertz CT molecular complexity index is 1910. The van der Waals surface area contributed by atoms with E-state index in [1.54, 1.807) is 18.2 Å². The summed E-state index contributed by atoms with van der Waals surface area (Å²) in [6, 6.07) is 21.3. The zero-order chi connectivity index (χ0) is 35.1. The van der Waals surface area contributed by atoms with E-state index in [4.69, 9.17) is 30.9 Å². The summed E-state index contributed by atoms with van der Waals surface area (Å²) >= 11 is 0. The molecule has 0 aliphatic heterocycles. The maximum absolute atomic E-state index is 11.3. The van der Waals surface area contributed by atoms with Gasteiger partial charge in [0.05, 0.1) is 17.5 Å². The maximum atomic E-state index is 11.3. The minimum atomic E-state index is -1.62. The number of benzene rings is 3. The summed E-state index contributed by atoms with van der Waals surface area (Å²) in [7, 11) is -1.62. The van der Waals surface area contributed by atoms with Gasteiger partial charge in [-0.3, -0.25) is 0 Å². The Morgan fingerprint density at radius 2 is 1.55 bits per heavy atom. The number of imidazole rings is 1. The highest BCUT2D eigenvalue weighted by Gasteiger charge is 2.21. The lowest BCUT2D eigenvalue weighted by Crippen LogP contribution is -2.33. The van der Waals surface area contributed by atoms with Gasteiger partial charge >= 0.3 is 19.1 Å². The van der Waals surface area contributed by atoms with Gasteiger partial charge in [0, 0.05) is 24.7 Å². The predicted octanol–water partition coefficient (Wildman–Crippen LogP) is 4.13. The molecule has 1 fully saturated rings. The van der Waals surface area contributed by atoms with E-state index >= 15 is 0 Å². The van der Waals surface area contributed by atoms with Gasteiger partial charge in [-0.1, -0.05) is 48.5 Å². The van der Waals surface area contributed by atoms with Crippen LogP contribution in [0, 0.1) is 0 Å². The van der Waals surface area contributed by atoms with Gasteiger partial charge in [-0.15, -0.1) is 0 Å². The summed E-state index contributed by atoms with van der Waals surface area (Å²) in [5, 5.41) is 42.2. The fraction of sp³-hybridized carbons (Fsp3) is 0.286. The van der Waals surface area contributed by atoms with Crippen molar-refractivity contribution in [3.63, 3.8) is 0 Å². The third-order valence-corrected chi connectivity index (χ3v) is 8.37. The van der Waals surface area contributed by atoms with Gasteiger partial charge in [0.1, 0.15) is 0 Å². The second kappa shape index (κ2) is 15.7. The molecule has 0 amide bonds. The largest absolute Gasteiger partial charge is 0.488 e. The number of aromatic nitrogens is 4. The molecule has 0 bridgehead atoms. The highest BCUT2D eigenvalue weighted by atomic mass is 16.4. The van der Waals surface area contributed by atoms with Gasteiger partial charge in [0.2, 0.25) is 5.95 Å². The van der Waals surface area contributed by atoms with Crippen LogP contribution in [0.5, 0.6) is 0 Å². The number of carbonyl (C=O) groups is 2. The van der Waals surface area contributed by atoms with E-state index in [0.717, 1.165) is 53.5 Å². The zero-order valence-corrected chi connectivity index (χ0v) is 27.3. The molecule has 0 spiro atoms. The van der Waals surface area contributed by atoms with Crippen LogP contribution in [0.1, 0.15) is 71.9 Å². The van der Waals surface area contributed by atoms with Crippen molar-refractivity contribution in [1.82, 2.24) is 19.5 Å². The van der Waals surface area contributed by atoms with Crippen molar-refractivity contribution < 1.29 is 29.9 Å². The molecule has 1 aliphatic carbocycles. The molecule has 2 heterocycles. The molecule has 49 heavy (non-hydrogen) atoms. The lowest BCUT2D eigenvalue weighted by Gasteiger charge is -2.27. The second-order valence-electron chi connectivity index (χ2n) is 12.3. The van der Waals surface area contributed by atoms with E-state index in [1.807, 2.05) is 36.7 Å². The normalized spacial score (nSPS) is 15.7. The highest BCUT2D eigenvalue weighted by molar-refractivity contribution is 6.58. The number of anilines is 2. The number of nitrogens with zero attached hydrogens (tertiary/aromatic N) is 4. The summed E-state index contributed by atoms with van der Waals surface area (Å²) in [4.78, 5) is 35.9. The van der Waals surface area contributed by atoms with E-state index in [2.05, 4.69) is 34.0 Å². The Morgan fingerprint density at radius 1 is 0.898 bits per heavy atom. The molecular formula is C35H40BN7O6. The van der Waals surface area contributed by atoms with Crippen LogP contribution in [0.25, 0.3) is 22.3 Å². The Labute approximate surface area is 284 Å². The molecule has 3 aromatic carbocycles. The molecular weight excluding hydrogens is 625 g/mol. The highest BCUT2D eigenvalue weighted by Crippen LogP contribution is 2.27. The number of hydrogen-bond acceptors (Lipinski definition) is 10. The van der Waals surface area contributed by atoms with E-state index in [1.165, 1.54) is 24.3 Å². The fourth-order valence-corrected chi connectivity index (χ4v) is 5.59. The fourth-order valence-electron chi connectivity index (χ4n) is 5.59. The molecule has 8 N–H and O–H groups in total. The van der Waals surface area contributed by atoms with Crippen LogP contribution < -0.4 is 21.8 Å². The van der Waals surface area contributed by atoms with Gasteiger partial charge < -0.3 is 41.2 Å². The monoisotopic (exact) mass is 665 g/mol. The first-order chi connectivity index (χ1) is 23.5. The Balaban J connectivity index is 0.000000330. The van der Waals surface area contributed by atoms with Gasteiger partial charge in [-0.05, 0) is 85.9 Å². The maximum Gasteiger partial charge on any atom is 0.488 e. The van der Waals surface area contributed by atoms with Crippen molar-refractivity contribution >= 4 is 47.4 Å². The van der Waals surface area contributed by atoms with Crippen molar-refractivity contribution in [1.29, 1.82) is 0 Å². The van der Waals surface area contributed by atoms with Crippen LogP contribution in [0.3, 0.4) is 0 Å². The van der Waals surface area contributed by atoms with Gasteiger partial charge in [-0.2, -0.15) is 9.97 Å². The summed E-state index contributed by atoms with van der Waals surface area (Å²) in [6.45, 7) is 4.78. The van der Waals surface area contributed by atoms with Crippen molar-refractivity contribution in [2.24, 2.45) is 5.73 Å². The molecule has 1 aliphatic rings. The van der Waals surface area contributed by atoms with Crippen molar-refractivity contribution in [3.8, 4) is 11.1 Å². The number of carboxylic acids is 2. The Kier molecular flexibility index (Phi) is 11.2. The van der Waals surface area contributed by atoms with Crippen LogP contribution in [0.15, 0.2) is 79.1 Å².